The van der Waals surface area contributed by atoms with E-state index in [0.29, 0.717) is 0 Å². The van der Waals surface area contributed by atoms with E-state index in [1.165, 1.54) is 32.1 Å². The maximum absolute atomic E-state index is 2.25. The summed E-state index contributed by atoms with van der Waals surface area (Å²) >= 11 is 0. The van der Waals surface area contributed by atoms with Gasteiger partial charge in [-0.2, -0.15) is 0 Å². The van der Waals surface area contributed by atoms with Crippen molar-refractivity contribution in [2.45, 2.75) is 32.1 Å². The van der Waals surface area contributed by atoms with Crippen LogP contribution in [0.3, 0.4) is 0 Å². The van der Waals surface area contributed by atoms with Gasteiger partial charge in [0.05, 0.1) is 0 Å². The molecule has 60 valence electrons. The first-order valence-corrected chi connectivity index (χ1v) is 4.48. The van der Waals surface area contributed by atoms with Crippen molar-refractivity contribution < 1.29 is 0 Å². The van der Waals surface area contributed by atoms with Gasteiger partial charge in [-0.05, 0) is 25.7 Å². The van der Waals surface area contributed by atoms with Gasteiger partial charge >= 0.3 is 0 Å². The number of rotatable bonds is 0. The quantitative estimate of drug-likeness (QED) is 0.492. The SMILES string of the molecule is C1=C\C=C\CCCCC\C=C/1. The summed E-state index contributed by atoms with van der Waals surface area (Å²) in [6.45, 7) is 0. The van der Waals surface area contributed by atoms with Crippen LogP contribution >= 0.6 is 0 Å². The van der Waals surface area contributed by atoms with Crippen molar-refractivity contribution in [3.63, 3.8) is 0 Å². The molecule has 0 heterocycles. The lowest BCUT2D eigenvalue weighted by Crippen LogP contribution is -1.73. The van der Waals surface area contributed by atoms with E-state index < -0.39 is 0 Å². The Hall–Kier alpha value is -0.780. The molecule has 0 amide bonds. The summed E-state index contributed by atoms with van der Waals surface area (Å²) in [5.41, 5.74) is 0. The summed E-state index contributed by atoms with van der Waals surface area (Å²) in [6, 6.07) is 0. The van der Waals surface area contributed by atoms with Crippen molar-refractivity contribution in [1.29, 1.82) is 0 Å². The Kier molecular flexibility index (Phi) is 4.51. The summed E-state index contributed by atoms with van der Waals surface area (Å²) in [4.78, 5) is 0. The van der Waals surface area contributed by atoms with Gasteiger partial charge in [0.25, 0.3) is 0 Å². The molecule has 0 nitrogen and oxygen atoms in total. The van der Waals surface area contributed by atoms with Crippen LogP contribution in [-0.2, 0) is 0 Å². The van der Waals surface area contributed by atoms with Crippen LogP contribution in [0.2, 0.25) is 0 Å². The Labute approximate surface area is 69.3 Å². The van der Waals surface area contributed by atoms with Crippen molar-refractivity contribution in [3.05, 3.63) is 36.5 Å². The average Bonchev–Trinajstić information content (AvgIpc) is 2.08. The topological polar surface area (TPSA) is 0 Å². The Bertz CT molecular complexity index is 143. The predicted octanol–water partition coefficient (Wildman–Crippen LogP) is 3.62. The lowest BCUT2D eigenvalue weighted by Gasteiger charge is -1.93. The Morgan fingerprint density at radius 1 is 0.545 bits per heavy atom. The molecule has 0 aliphatic heterocycles. The van der Waals surface area contributed by atoms with E-state index in [0.717, 1.165) is 0 Å². The highest BCUT2D eigenvalue weighted by atomic mass is 13.9. The van der Waals surface area contributed by atoms with Crippen LogP contribution in [0.25, 0.3) is 0 Å². The van der Waals surface area contributed by atoms with Crippen LogP contribution in [0.5, 0.6) is 0 Å². The smallest absolute Gasteiger partial charge is 0.0348 e. The van der Waals surface area contributed by atoms with Gasteiger partial charge in [-0.1, -0.05) is 42.9 Å². The lowest BCUT2D eigenvalue weighted by molar-refractivity contribution is 0.696. The molecule has 0 bridgehead atoms. The van der Waals surface area contributed by atoms with Crippen LogP contribution in [0.1, 0.15) is 32.1 Å². The highest BCUT2D eigenvalue weighted by molar-refractivity contribution is 5.11. The van der Waals surface area contributed by atoms with Crippen LogP contribution in [0.4, 0.5) is 0 Å². The van der Waals surface area contributed by atoms with Gasteiger partial charge in [0.2, 0.25) is 0 Å². The molecule has 0 aromatic heterocycles. The molecular formula is C11H16. The molecule has 0 fully saturated rings. The molecule has 11 heavy (non-hydrogen) atoms. The summed E-state index contributed by atoms with van der Waals surface area (Å²) < 4.78 is 0. The van der Waals surface area contributed by atoms with Gasteiger partial charge in [-0.15, -0.1) is 0 Å². The van der Waals surface area contributed by atoms with Crippen LogP contribution in [0.15, 0.2) is 36.5 Å². The Morgan fingerprint density at radius 3 is 1.64 bits per heavy atom. The zero-order valence-electron chi connectivity index (χ0n) is 7.00. The summed E-state index contributed by atoms with van der Waals surface area (Å²) in [5.74, 6) is 0. The monoisotopic (exact) mass is 148 g/mol. The van der Waals surface area contributed by atoms with E-state index in [1.807, 2.05) is 0 Å². The Morgan fingerprint density at radius 2 is 1.09 bits per heavy atom. The predicted molar refractivity (Wildman–Crippen MR) is 50.5 cm³/mol. The molecule has 0 unspecified atom stereocenters. The number of allylic oxidation sites excluding steroid dienone is 6. The van der Waals surface area contributed by atoms with Crippen LogP contribution < -0.4 is 0 Å². The maximum Gasteiger partial charge on any atom is -0.0348 e. The molecule has 0 aromatic rings. The molecule has 0 spiro atoms. The van der Waals surface area contributed by atoms with Crippen molar-refractivity contribution in [2.75, 3.05) is 0 Å². The number of hydrogen-bond donors (Lipinski definition) is 0. The lowest BCUT2D eigenvalue weighted by atomic mass is 10.1. The standard InChI is InChI=1S/C11H16/c1-2-4-6-8-10-11-9-7-5-3-1/h1-6H,7-11H2/b2-1-,5-3-,6-4+. The van der Waals surface area contributed by atoms with Gasteiger partial charge in [-0.3, -0.25) is 0 Å². The first-order valence-electron chi connectivity index (χ1n) is 4.48. The van der Waals surface area contributed by atoms with Gasteiger partial charge in [-0.25, -0.2) is 0 Å². The fraction of sp³-hybridized carbons (Fsp3) is 0.455. The van der Waals surface area contributed by atoms with E-state index in [4.69, 9.17) is 0 Å². The molecule has 0 radical (unpaired) electrons. The second kappa shape index (κ2) is 5.96. The van der Waals surface area contributed by atoms with Crippen molar-refractivity contribution in [1.82, 2.24) is 0 Å². The first kappa shape index (κ1) is 8.32. The summed E-state index contributed by atoms with van der Waals surface area (Å²) in [6.07, 6.45) is 19.5. The minimum absolute atomic E-state index is 1.24. The Balaban J connectivity index is 2.36. The molecular weight excluding hydrogens is 132 g/mol. The molecule has 1 aliphatic carbocycles. The minimum Gasteiger partial charge on any atom is -0.0845 e. The fourth-order valence-electron chi connectivity index (χ4n) is 1.18. The van der Waals surface area contributed by atoms with Gasteiger partial charge in [0.1, 0.15) is 0 Å². The first-order chi connectivity index (χ1) is 5.50. The van der Waals surface area contributed by atoms with Crippen molar-refractivity contribution >= 4 is 0 Å². The van der Waals surface area contributed by atoms with Gasteiger partial charge in [0.15, 0.2) is 0 Å². The molecule has 0 saturated heterocycles. The average molecular weight is 148 g/mol. The third kappa shape index (κ3) is 4.60. The molecule has 0 atom stereocenters. The van der Waals surface area contributed by atoms with Crippen LogP contribution in [-0.4, -0.2) is 0 Å². The van der Waals surface area contributed by atoms with Gasteiger partial charge in [0, 0.05) is 0 Å². The molecule has 0 aromatic carbocycles. The molecule has 0 heteroatoms. The van der Waals surface area contributed by atoms with Crippen molar-refractivity contribution in [3.8, 4) is 0 Å². The zero-order valence-corrected chi connectivity index (χ0v) is 7.00. The molecule has 0 N–H and O–H groups in total. The molecule has 1 rings (SSSR count). The fourth-order valence-corrected chi connectivity index (χ4v) is 1.18. The second-order valence-corrected chi connectivity index (χ2v) is 2.88. The zero-order chi connectivity index (χ0) is 7.78. The van der Waals surface area contributed by atoms with E-state index in [9.17, 15) is 0 Å². The van der Waals surface area contributed by atoms with E-state index in [1.54, 1.807) is 0 Å². The summed E-state index contributed by atoms with van der Waals surface area (Å²) in [5, 5.41) is 0. The van der Waals surface area contributed by atoms with E-state index in [-0.39, 0.29) is 0 Å². The molecule has 0 saturated carbocycles. The van der Waals surface area contributed by atoms with E-state index >= 15 is 0 Å². The third-order valence-electron chi connectivity index (χ3n) is 1.85. The van der Waals surface area contributed by atoms with Gasteiger partial charge < -0.3 is 0 Å². The maximum atomic E-state index is 2.25. The highest BCUT2D eigenvalue weighted by Crippen LogP contribution is 2.05. The number of hydrogen-bond acceptors (Lipinski definition) is 0. The minimum atomic E-state index is 1.24. The van der Waals surface area contributed by atoms with Crippen LogP contribution in [0, 0.1) is 0 Å². The second-order valence-electron chi connectivity index (χ2n) is 2.88. The highest BCUT2D eigenvalue weighted by Gasteiger charge is 1.85. The molecule has 1 aliphatic rings. The summed E-state index contributed by atoms with van der Waals surface area (Å²) in [7, 11) is 0. The van der Waals surface area contributed by atoms with Crippen molar-refractivity contribution in [2.24, 2.45) is 0 Å². The third-order valence-corrected chi connectivity index (χ3v) is 1.85. The normalized spacial score (nSPS) is 28.4. The van der Waals surface area contributed by atoms with E-state index in [2.05, 4.69) is 36.5 Å². The largest absolute Gasteiger partial charge is 0.0845 e.